The summed E-state index contributed by atoms with van der Waals surface area (Å²) in [6.07, 6.45) is 3.18. The van der Waals surface area contributed by atoms with E-state index in [4.69, 9.17) is 5.84 Å². The lowest BCUT2D eigenvalue weighted by Gasteiger charge is -2.25. The number of nitrogens with one attached hydrogen (secondary N) is 1. The molecule has 0 amide bonds. The second-order valence-electron chi connectivity index (χ2n) is 5.72. The number of rotatable bonds is 3. The molecule has 1 aromatic carbocycles. The third kappa shape index (κ3) is 2.91. The van der Waals surface area contributed by atoms with Gasteiger partial charge in [0.25, 0.3) is 0 Å². The second-order valence-corrected chi connectivity index (χ2v) is 7.66. The summed E-state index contributed by atoms with van der Waals surface area (Å²) in [5, 5.41) is 0. The summed E-state index contributed by atoms with van der Waals surface area (Å²) in [7, 11) is -3.41. The average molecular weight is 310 g/mol. The lowest BCUT2D eigenvalue weighted by molar-refractivity contribution is 0.257. The van der Waals surface area contributed by atoms with Crippen LogP contribution in [0.3, 0.4) is 0 Å². The third-order valence-electron chi connectivity index (χ3n) is 4.43. The Morgan fingerprint density at radius 2 is 1.81 bits per heavy atom. The smallest absolute Gasteiger partial charge is 0.243 e. The monoisotopic (exact) mass is 310 g/mol. The number of nitrogens with zero attached hydrogens (tertiary/aromatic N) is 2. The van der Waals surface area contributed by atoms with Crippen LogP contribution in [0.15, 0.2) is 29.2 Å². The number of benzene rings is 1. The van der Waals surface area contributed by atoms with Gasteiger partial charge in [0.1, 0.15) is 0 Å². The standard InChI is InChI=1S/C14H22N4O2S/c15-16-12-4-6-14(7-5-12)21(19,20)18-10-2-9-17-8-1-3-13(17)11-18/h4-7,13,16H,1-3,8-11,15H2. The number of nitrogen functional groups attached to an aromatic ring is 1. The van der Waals surface area contributed by atoms with Gasteiger partial charge in [0.15, 0.2) is 0 Å². The van der Waals surface area contributed by atoms with Crippen molar-refractivity contribution in [2.24, 2.45) is 5.84 Å². The van der Waals surface area contributed by atoms with Crippen LogP contribution in [0.1, 0.15) is 19.3 Å². The van der Waals surface area contributed by atoms with Crippen LogP contribution in [0.5, 0.6) is 0 Å². The summed E-state index contributed by atoms with van der Waals surface area (Å²) >= 11 is 0. The fraction of sp³-hybridized carbons (Fsp3) is 0.571. The molecule has 0 spiro atoms. The Bertz CT molecular complexity index is 587. The van der Waals surface area contributed by atoms with Gasteiger partial charge in [-0.15, -0.1) is 0 Å². The molecule has 116 valence electrons. The van der Waals surface area contributed by atoms with Crippen LogP contribution >= 0.6 is 0 Å². The molecule has 2 aliphatic heterocycles. The molecule has 3 N–H and O–H groups in total. The Balaban J connectivity index is 1.82. The molecule has 2 saturated heterocycles. The van der Waals surface area contributed by atoms with Gasteiger partial charge in [0, 0.05) is 24.8 Å². The molecule has 0 bridgehead atoms. The number of hydrogen-bond donors (Lipinski definition) is 2. The van der Waals surface area contributed by atoms with Gasteiger partial charge >= 0.3 is 0 Å². The lowest BCUT2D eigenvalue weighted by Crippen LogP contribution is -2.39. The minimum atomic E-state index is -3.41. The number of hydrogen-bond acceptors (Lipinski definition) is 5. The second kappa shape index (κ2) is 5.92. The minimum Gasteiger partial charge on any atom is -0.324 e. The molecule has 1 aromatic rings. The van der Waals surface area contributed by atoms with Crippen LogP contribution in [0, 0.1) is 0 Å². The Morgan fingerprint density at radius 3 is 2.52 bits per heavy atom. The van der Waals surface area contributed by atoms with Crippen molar-refractivity contribution in [3.63, 3.8) is 0 Å². The zero-order chi connectivity index (χ0) is 14.9. The van der Waals surface area contributed by atoms with E-state index in [9.17, 15) is 8.42 Å². The molecule has 2 aliphatic rings. The molecule has 0 radical (unpaired) electrons. The molecule has 0 aromatic heterocycles. The van der Waals surface area contributed by atoms with Gasteiger partial charge in [-0.3, -0.25) is 10.7 Å². The fourth-order valence-corrected chi connectivity index (χ4v) is 4.78. The van der Waals surface area contributed by atoms with E-state index in [2.05, 4.69) is 10.3 Å². The molecule has 3 rings (SSSR count). The van der Waals surface area contributed by atoms with Crippen molar-refractivity contribution in [1.82, 2.24) is 9.21 Å². The lowest BCUT2D eigenvalue weighted by atomic mass is 10.2. The zero-order valence-electron chi connectivity index (χ0n) is 12.0. The van der Waals surface area contributed by atoms with Crippen LogP contribution in [-0.4, -0.2) is 49.8 Å². The largest absolute Gasteiger partial charge is 0.324 e. The molecule has 7 heteroatoms. The Labute approximate surface area is 125 Å². The zero-order valence-corrected chi connectivity index (χ0v) is 12.8. The molecule has 1 atom stereocenters. The normalized spacial score (nSPS) is 24.5. The van der Waals surface area contributed by atoms with E-state index >= 15 is 0 Å². The Kier molecular flexibility index (Phi) is 4.17. The summed E-state index contributed by atoms with van der Waals surface area (Å²) in [5.74, 6) is 5.32. The molecule has 2 fully saturated rings. The van der Waals surface area contributed by atoms with E-state index < -0.39 is 10.0 Å². The van der Waals surface area contributed by atoms with Gasteiger partial charge < -0.3 is 5.43 Å². The first-order valence-corrected chi connectivity index (χ1v) is 8.86. The highest BCUT2D eigenvalue weighted by Gasteiger charge is 2.34. The summed E-state index contributed by atoms with van der Waals surface area (Å²) in [6.45, 7) is 3.33. The first-order chi connectivity index (χ1) is 10.1. The molecule has 6 nitrogen and oxygen atoms in total. The number of hydrazine groups is 1. The summed E-state index contributed by atoms with van der Waals surface area (Å²) in [4.78, 5) is 2.77. The number of sulfonamides is 1. The van der Waals surface area contributed by atoms with Crippen LogP contribution in [-0.2, 0) is 10.0 Å². The van der Waals surface area contributed by atoms with Gasteiger partial charge in [-0.05, 0) is 56.6 Å². The van der Waals surface area contributed by atoms with Crippen LogP contribution in [0.4, 0.5) is 5.69 Å². The van der Waals surface area contributed by atoms with Gasteiger partial charge in [-0.25, -0.2) is 8.42 Å². The summed E-state index contributed by atoms with van der Waals surface area (Å²) < 4.78 is 27.2. The van der Waals surface area contributed by atoms with E-state index in [0.29, 0.717) is 29.7 Å². The summed E-state index contributed by atoms with van der Waals surface area (Å²) in [6, 6.07) is 6.98. The third-order valence-corrected chi connectivity index (χ3v) is 6.30. The summed E-state index contributed by atoms with van der Waals surface area (Å²) in [5.41, 5.74) is 3.21. The van der Waals surface area contributed by atoms with Crippen molar-refractivity contribution in [3.8, 4) is 0 Å². The van der Waals surface area contributed by atoms with Gasteiger partial charge in [0.2, 0.25) is 10.0 Å². The number of nitrogens with two attached hydrogens (primary N) is 1. The van der Waals surface area contributed by atoms with Crippen molar-refractivity contribution in [3.05, 3.63) is 24.3 Å². The minimum absolute atomic E-state index is 0.341. The first-order valence-electron chi connectivity index (χ1n) is 7.42. The van der Waals surface area contributed by atoms with Gasteiger partial charge in [-0.2, -0.15) is 4.31 Å². The topological polar surface area (TPSA) is 78.7 Å². The van der Waals surface area contributed by atoms with Crippen molar-refractivity contribution in [1.29, 1.82) is 0 Å². The van der Waals surface area contributed by atoms with Crippen LogP contribution in [0.25, 0.3) is 0 Å². The van der Waals surface area contributed by atoms with Crippen LogP contribution in [0.2, 0.25) is 0 Å². The predicted octanol–water partition coefficient (Wildman–Crippen LogP) is 0.831. The quantitative estimate of drug-likeness (QED) is 0.639. The van der Waals surface area contributed by atoms with E-state index in [0.717, 1.165) is 25.9 Å². The molecule has 0 saturated carbocycles. The van der Waals surface area contributed by atoms with E-state index in [1.807, 2.05) is 0 Å². The maximum atomic E-state index is 12.8. The average Bonchev–Trinajstić information content (AvgIpc) is 2.84. The van der Waals surface area contributed by atoms with Crippen molar-refractivity contribution in [2.45, 2.75) is 30.2 Å². The van der Waals surface area contributed by atoms with Crippen molar-refractivity contribution < 1.29 is 8.42 Å². The SMILES string of the molecule is NNc1ccc(S(=O)(=O)N2CCCN3CCCC3C2)cc1. The predicted molar refractivity (Wildman–Crippen MR) is 82.2 cm³/mol. The fourth-order valence-electron chi connectivity index (χ4n) is 3.26. The molecular formula is C14H22N4O2S. The Hall–Kier alpha value is -1.15. The first kappa shape index (κ1) is 14.8. The Morgan fingerprint density at radius 1 is 1.10 bits per heavy atom. The van der Waals surface area contributed by atoms with Gasteiger partial charge in [0.05, 0.1) is 4.90 Å². The molecule has 0 aliphatic carbocycles. The molecule has 21 heavy (non-hydrogen) atoms. The molecular weight excluding hydrogens is 288 g/mol. The van der Waals surface area contributed by atoms with Gasteiger partial charge in [-0.1, -0.05) is 0 Å². The maximum absolute atomic E-state index is 12.8. The molecule has 1 unspecified atom stereocenters. The van der Waals surface area contributed by atoms with E-state index in [1.165, 1.54) is 6.42 Å². The highest BCUT2D eigenvalue weighted by Crippen LogP contribution is 2.25. The highest BCUT2D eigenvalue weighted by molar-refractivity contribution is 7.89. The van der Waals surface area contributed by atoms with E-state index in [1.54, 1.807) is 28.6 Å². The van der Waals surface area contributed by atoms with Crippen molar-refractivity contribution in [2.75, 3.05) is 31.6 Å². The molecule has 2 heterocycles. The number of anilines is 1. The number of fused-ring (bicyclic) bond motifs is 1. The maximum Gasteiger partial charge on any atom is 0.243 e. The van der Waals surface area contributed by atoms with Crippen molar-refractivity contribution >= 4 is 15.7 Å². The van der Waals surface area contributed by atoms with Crippen LogP contribution < -0.4 is 11.3 Å². The van der Waals surface area contributed by atoms with E-state index in [-0.39, 0.29) is 0 Å². The highest BCUT2D eigenvalue weighted by atomic mass is 32.2.